The molecule has 90 valence electrons. The Morgan fingerprint density at radius 1 is 1.31 bits per heavy atom. The number of aliphatic hydroxyl groups is 2. The molecule has 2 unspecified atom stereocenters. The van der Waals surface area contributed by atoms with Crippen molar-refractivity contribution in [2.45, 2.75) is 25.6 Å². The fraction of sp³-hybridized carbons (Fsp3) is 0.500. The molecule has 0 saturated heterocycles. The maximum absolute atomic E-state index is 9.88. The van der Waals surface area contributed by atoms with Crippen LogP contribution in [-0.4, -0.2) is 35.0 Å². The highest BCUT2D eigenvalue weighted by molar-refractivity contribution is 5.41. The van der Waals surface area contributed by atoms with Crippen molar-refractivity contribution in [2.24, 2.45) is 0 Å². The quantitative estimate of drug-likeness (QED) is 0.595. The first-order valence-electron chi connectivity index (χ1n) is 5.37. The number of benzene rings is 1. The maximum atomic E-state index is 9.88. The van der Waals surface area contributed by atoms with Crippen molar-refractivity contribution in [1.82, 2.24) is 5.32 Å². The number of para-hydroxylation sites is 1. The zero-order valence-corrected chi connectivity index (χ0v) is 9.64. The second kappa shape index (κ2) is 5.84. The summed E-state index contributed by atoms with van der Waals surface area (Å²) in [5, 5.41) is 32.3. The van der Waals surface area contributed by atoms with Crippen molar-refractivity contribution in [1.29, 1.82) is 0 Å². The van der Waals surface area contributed by atoms with Gasteiger partial charge in [0.1, 0.15) is 11.9 Å². The molecule has 4 N–H and O–H groups in total. The Kier molecular flexibility index (Phi) is 4.73. The van der Waals surface area contributed by atoms with Crippen LogP contribution in [0.5, 0.6) is 5.75 Å². The summed E-state index contributed by atoms with van der Waals surface area (Å²) in [5.41, 5.74) is 1.07. The van der Waals surface area contributed by atoms with E-state index < -0.39 is 12.2 Å². The average molecular weight is 225 g/mol. The van der Waals surface area contributed by atoms with E-state index in [9.17, 15) is 15.3 Å². The van der Waals surface area contributed by atoms with Gasteiger partial charge in [-0.3, -0.25) is 0 Å². The molecule has 0 bridgehead atoms. The molecule has 4 heteroatoms. The Morgan fingerprint density at radius 3 is 2.62 bits per heavy atom. The number of aryl methyl sites for hydroxylation is 1. The number of phenolic OH excluding ortho intramolecular Hbond substituents is 1. The van der Waals surface area contributed by atoms with Gasteiger partial charge < -0.3 is 20.6 Å². The fourth-order valence-electron chi connectivity index (χ4n) is 1.58. The Morgan fingerprint density at radius 2 is 2.00 bits per heavy atom. The summed E-state index contributed by atoms with van der Waals surface area (Å²) in [4.78, 5) is 0. The lowest BCUT2D eigenvalue weighted by atomic mass is 9.99. The average Bonchev–Trinajstić information content (AvgIpc) is 2.28. The summed E-state index contributed by atoms with van der Waals surface area (Å²) in [7, 11) is 1.78. The van der Waals surface area contributed by atoms with Gasteiger partial charge in [0.15, 0.2) is 0 Å². The SMILES string of the molecule is CNCCC(O)C(O)c1cccc(C)c1O. The molecular weight excluding hydrogens is 206 g/mol. The summed E-state index contributed by atoms with van der Waals surface area (Å²) in [6.45, 7) is 2.37. The molecule has 0 aromatic heterocycles. The predicted molar refractivity (Wildman–Crippen MR) is 62.4 cm³/mol. The number of aliphatic hydroxyl groups excluding tert-OH is 2. The molecule has 1 rings (SSSR count). The highest BCUT2D eigenvalue weighted by Gasteiger charge is 2.21. The van der Waals surface area contributed by atoms with Crippen LogP contribution < -0.4 is 5.32 Å². The van der Waals surface area contributed by atoms with E-state index in [1.165, 1.54) is 0 Å². The molecular formula is C12H19NO3. The van der Waals surface area contributed by atoms with Crippen LogP contribution in [0.15, 0.2) is 18.2 Å². The Labute approximate surface area is 95.6 Å². The van der Waals surface area contributed by atoms with Gasteiger partial charge >= 0.3 is 0 Å². The normalized spacial score (nSPS) is 14.8. The third-order valence-corrected chi connectivity index (χ3v) is 2.64. The zero-order chi connectivity index (χ0) is 12.1. The lowest BCUT2D eigenvalue weighted by Crippen LogP contribution is -2.23. The van der Waals surface area contributed by atoms with Gasteiger partial charge in [-0.05, 0) is 32.5 Å². The van der Waals surface area contributed by atoms with Crippen LogP contribution in [-0.2, 0) is 0 Å². The van der Waals surface area contributed by atoms with E-state index >= 15 is 0 Å². The van der Waals surface area contributed by atoms with Crippen LogP contribution in [0.3, 0.4) is 0 Å². The minimum Gasteiger partial charge on any atom is -0.507 e. The second-order valence-electron chi connectivity index (χ2n) is 3.92. The number of hydrogen-bond donors (Lipinski definition) is 4. The summed E-state index contributed by atoms with van der Waals surface area (Å²) in [5.74, 6) is 0.0542. The van der Waals surface area contributed by atoms with Crippen molar-refractivity contribution >= 4 is 0 Å². The first kappa shape index (κ1) is 13.0. The molecule has 0 saturated carbocycles. The van der Waals surface area contributed by atoms with E-state index in [1.807, 2.05) is 0 Å². The number of aromatic hydroxyl groups is 1. The molecule has 0 aliphatic carbocycles. The van der Waals surface area contributed by atoms with Crippen molar-refractivity contribution in [3.05, 3.63) is 29.3 Å². The van der Waals surface area contributed by atoms with Gasteiger partial charge in [0.05, 0.1) is 6.10 Å². The molecule has 1 aromatic rings. The van der Waals surface area contributed by atoms with E-state index in [-0.39, 0.29) is 5.75 Å². The van der Waals surface area contributed by atoms with Crippen LogP contribution in [0.2, 0.25) is 0 Å². The standard InChI is InChI=1S/C12H19NO3/c1-8-4-3-5-9(11(8)15)12(16)10(14)6-7-13-2/h3-5,10,12-16H,6-7H2,1-2H3. The Bertz CT molecular complexity index is 341. The molecule has 16 heavy (non-hydrogen) atoms. The zero-order valence-electron chi connectivity index (χ0n) is 9.64. The Balaban J connectivity index is 2.79. The largest absolute Gasteiger partial charge is 0.507 e. The minimum absolute atomic E-state index is 0.0542. The van der Waals surface area contributed by atoms with Crippen LogP contribution in [0.4, 0.5) is 0 Å². The summed E-state index contributed by atoms with van der Waals surface area (Å²) in [6, 6.07) is 5.12. The Hall–Kier alpha value is -1.10. The van der Waals surface area contributed by atoms with Crippen molar-refractivity contribution in [3.63, 3.8) is 0 Å². The van der Waals surface area contributed by atoms with Crippen LogP contribution in [0, 0.1) is 6.92 Å². The topological polar surface area (TPSA) is 72.7 Å². The smallest absolute Gasteiger partial charge is 0.124 e. The maximum Gasteiger partial charge on any atom is 0.124 e. The van der Waals surface area contributed by atoms with E-state index in [0.717, 1.165) is 0 Å². The number of rotatable bonds is 5. The van der Waals surface area contributed by atoms with Crippen LogP contribution >= 0.6 is 0 Å². The summed E-state index contributed by atoms with van der Waals surface area (Å²) < 4.78 is 0. The lowest BCUT2D eigenvalue weighted by molar-refractivity contribution is 0.0127. The molecule has 0 heterocycles. The monoisotopic (exact) mass is 225 g/mol. The minimum atomic E-state index is -1.05. The van der Waals surface area contributed by atoms with Crippen molar-refractivity contribution in [2.75, 3.05) is 13.6 Å². The van der Waals surface area contributed by atoms with E-state index in [0.29, 0.717) is 24.1 Å². The summed E-state index contributed by atoms with van der Waals surface area (Å²) >= 11 is 0. The van der Waals surface area contributed by atoms with Gasteiger partial charge in [0, 0.05) is 5.56 Å². The van der Waals surface area contributed by atoms with Crippen LogP contribution in [0.1, 0.15) is 23.7 Å². The fourth-order valence-corrected chi connectivity index (χ4v) is 1.58. The van der Waals surface area contributed by atoms with Gasteiger partial charge in [-0.1, -0.05) is 18.2 Å². The third-order valence-electron chi connectivity index (χ3n) is 2.64. The highest BCUT2D eigenvalue weighted by atomic mass is 16.3. The molecule has 0 radical (unpaired) electrons. The van der Waals surface area contributed by atoms with E-state index in [2.05, 4.69) is 5.32 Å². The highest BCUT2D eigenvalue weighted by Crippen LogP contribution is 2.29. The van der Waals surface area contributed by atoms with Gasteiger partial charge in [-0.15, -0.1) is 0 Å². The molecule has 0 fully saturated rings. The van der Waals surface area contributed by atoms with Crippen molar-refractivity contribution in [3.8, 4) is 5.75 Å². The van der Waals surface area contributed by atoms with Gasteiger partial charge in [0.2, 0.25) is 0 Å². The lowest BCUT2D eigenvalue weighted by Gasteiger charge is -2.19. The predicted octanol–water partition coefficient (Wildman–Crippen LogP) is 0.704. The van der Waals surface area contributed by atoms with Gasteiger partial charge in [0.25, 0.3) is 0 Å². The molecule has 0 aliphatic heterocycles. The van der Waals surface area contributed by atoms with Gasteiger partial charge in [-0.25, -0.2) is 0 Å². The first-order chi connectivity index (χ1) is 7.57. The molecule has 4 nitrogen and oxygen atoms in total. The second-order valence-corrected chi connectivity index (χ2v) is 3.92. The summed E-state index contributed by atoms with van der Waals surface area (Å²) in [6.07, 6.45) is -1.49. The molecule has 0 amide bonds. The molecule has 1 aromatic carbocycles. The van der Waals surface area contributed by atoms with Crippen molar-refractivity contribution < 1.29 is 15.3 Å². The number of hydrogen-bond acceptors (Lipinski definition) is 4. The van der Waals surface area contributed by atoms with Gasteiger partial charge in [-0.2, -0.15) is 0 Å². The first-order valence-corrected chi connectivity index (χ1v) is 5.37. The number of phenols is 1. The van der Waals surface area contributed by atoms with Crippen LogP contribution in [0.25, 0.3) is 0 Å². The molecule has 0 aliphatic rings. The molecule has 0 spiro atoms. The molecule has 2 atom stereocenters. The number of nitrogens with one attached hydrogen (secondary N) is 1. The third kappa shape index (κ3) is 2.95. The van der Waals surface area contributed by atoms with E-state index in [4.69, 9.17) is 0 Å². The van der Waals surface area contributed by atoms with E-state index in [1.54, 1.807) is 32.2 Å².